The Hall–Kier alpha value is -3.77. The minimum absolute atomic E-state index is 0.308. The van der Waals surface area contributed by atoms with Crippen molar-refractivity contribution in [1.29, 1.82) is 0 Å². The van der Waals surface area contributed by atoms with E-state index in [1.807, 2.05) is 42.5 Å². The molecule has 2 aromatic heterocycles. The summed E-state index contributed by atoms with van der Waals surface area (Å²) in [4.78, 5) is 25.1. The van der Waals surface area contributed by atoms with Gasteiger partial charge in [-0.1, -0.05) is 41.9 Å². The summed E-state index contributed by atoms with van der Waals surface area (Å²) in [5, 5.41) is 3.28. The van der Waals surface area contributed by atoms with Crippen LogP contribution in [0.3, 0.4) is 0 Å². The topological polar surface area (TPSA) is 77.0 Å². The van der Waals surface area contributed by atoms with Crippen molar-refractivity contribution in [2.75, 3.05) is 12.4 Å². The molecule has 0 unspecified atom stereocenters. The zero-order valence-electron chi connectivity index (χ0n) is 16.0. The summed E-state index contributed by atoms with van der Waals surface area (Å²) < 4.78 is 4.97. The fraction of sp³-hybridized carbons (Fsp3) is 0.0435. The van der Waals surface area contributed by atoms with Gasteiger partial charge in [0.1, 0.15) is 0 Å². The van der Waals surface area contributed by atoms with Crippen LogP contribution in [0.2, 0.25) is 5.02 Å². The number of carbonyl (C=O) groups is 1. The molecule has 0 aliphatic heterocycles. The highest BCUT2D eigenvalue weighted by Gasteiger charge is 2.12. The van der Waals surface area contributed by atoms with Gasteiger partial charge in [-0.15, -0.1) is 0 Å². The molecule has 2 aromatic carbocycles. The third-order valence-corrected chi connectivity index (χ3v) is 4.79. The van der Waals surface area contributed by atoms with Gasteiger partial charge in [0.15, 0.2) is 5.82 Å². The maximum Gasteiger partial charge on any atom is 0.256 e. The third-order valence-electron chi connectivity index (χ3n) is 4.46. The molecule has 6 nitrogen and oxygen atoms in total. The van der Waals surface area contributed by atoms with Crippen LogP contribution < -0.4 is 10.1 Å². The standard InChI is InChI=1S/C23H17ClN4O2/c1-30-22-14-26-21(13-27-22)28-23(29)17-9-10-19(24)18(12-17)15-5-7-16(8-6-15)20-4-2-3-11-25-20/h2-14H,1H3,(H,26,28,29). The van der Waals surface area contributed by atoms with E-state index in [1.54, 1.807) is 24.4 Å². The highest BCUT2D eigenvalue weighted by Crippen LogP contribution is 2.30. The Bertz CT molecular complexity index is 1160. The van der Waals surface area contributed by atoms with E-state index in [1.165, 1.54) is 19.5 Å². The van der Waals surface area contributed by atoms with Gasteiger partial charge in [0.2, 0.25) is 5.88 Å². The number of carbonyl (C=O) groups excluding carboxylic acids is 1. The summed E-state index contributed by atoms with van der Waals surface area (Å²) in [6.45, 7) is 0. The number of nitrogens with one attached hydrogen (secondary N) is 1. The predicted octanol–water partition coefficient (Wildman–Crippen LogP) is 5.12. The summed E-state index contributed by atoms with van der Waals surface area (Å²) in [7, 11) is 1.50. The number of hydrogen-bond acceptors (Lipinski definition) is 5. The summed E-state index contributed by atoms with van der Waals surface area (Å²) in [6, 6.07) is 18.8. The SMILES string of the molecule is COc1cnc(NC(=O)c2ccc(Cl)c(-c3ccc(-c4ccccn4)cc3)c2)cn1. The highest BCUT2D eigenvalue weighted by atomic mass is 35.5. The average Bonchev–Trinajstić information content (AvgIpc) is 2.80. The third kappa shape index (κ3) is 4.29. The van der Waals surface area contributed by atoms with Crippen LogP contribution in [0.1, 0.15) is 10.4 Å². The Morgan fingerprint density at radius 1 is 0.933 bits per heavy atom. The van der Waals surface area contributed by atoms with Gasteiger partial charge < -0.3 is 10.1 Å². The fourth-order valence-electron chi connectivity index (χ4n) is 2.92. The lowest BCUT2D eigenvalue weighted by molar-refractivity contribution is 0.102. The molecule has 2 heterocycles. The van der Waals surface area contributed by atoms with Crippen LogP contribution in [-0.4, -0.2) is 28.0 Å². The van der Waals surface area contributed by atoms with Crippen molar-refractivity contribution < 1.29 is 9.53 Å². The zero-order valence-corrected chi connectivity index (χ0v) is 16.8. The molecule has 0 bridgehead atoms. The van der Waals surface area contributed by atoms with E-state index in [0.29, 0.717) is 22.3 Å². The normalized spacial score (nSPS) is 10.5. The van der Waals surface area contributed by atoms with E-state index in [-0.39, 0.29) is 5.91 Å². The molecule has 30 heavy (non-hydrogen) atoms. The number of rotatable bonds is 5. The van der Waals surface area contributed by atoms with Crippen molar-refractivity contribution in [1.82, 2.24) is 15.0 Å². The molecule has 0 aliphatic carbocycles. The minimum atomic E-state index is -0.308. The first-order chi connectivity index (χ1) is 14.6. The second-order valence-electron chi connectivity index (χ2n) is 6.39. The number of benzene rings is 2. The van der Waals surface area contributed by atoms with Crippen LogP contribution in [0.4, 0.5) is 5.82 Å². The molecular weight excluding hydrogens is 400 g/mol. The van der Waals surface area contributed by atoms with E-state index in [2.05, 4.69) is 20.3 Å². The number of hydrogen-bond donors (Lipinski definition) is 1. The Labute approximate surface area is 178 Å². The molecule has 4 rings (SSSR count). The van der Waals surface area contributed by atoms with Gasteiger partial charge in [-0.25, -0.2) is 9.97 Å². The number of nitrogens with zero attached hydrogens (tertiary/aromatic N) is 3. The molecule has 0 radical (unpaired) electrons. The van der Waals surface area contributed by atoms with E-state index < -0.39 is 0 Å². The molecule has 1 amide bonds. The number of ether oxygens (including phenoxy) is 1. The highest BCUT2D eigenvalue weighted by molar-refractivity contribution is 6.33. The molecule has 1 N–H and O–H groups in total. The molecule has 148 valence electrons. The first kappa shape index (κ1) is 19.5. The summed E-state index contributed by atoms with van der Waals surface area (Å²) in [6.07, 6.45) is 4.63. The van der Waals surface area contributed by atoms with Crippen molar-refractivity contribution in [3.05, 3.63) is 89.8 Å². The second-order valence-corrected chi connectivity index (χ2v) is 6.79. The molecule has 0 spiro atoms. The van der Waals surface area contributed by atoms with E-state index >= 15 is 0 Å². The number of halogens is 1. The van der Waals surface area contributed by atoms with Gasteiger partial charge in [0.05, 0.1) is 25.2 Å². The monoisotopic (exact) mass is 416 g/mol. The Morgan fingerprint density at radius 2 is 1.73 bits per heavy atom. The van der Waals surface area contributed by atoms with Gasteiger partial charge >= 0.3 is 0 Å². The van der Waals surface area contributed by atoms with Gasteiger partial charge in [-0.2, -0.15) is 0 Å². The van der Waals surface area contributed by atoms with Gasteiger partial charge in [-0.05, 0) is 35.9 Å². The predicted molar refractivity (Wildman–Crippen MR) is 117 cm³/mol. The quantitative estimate of drug-likeness (QED) is 0.488. The molecule has 0 aliphatic rings. The van der Waals surface area contributed by atoms with Gasteiger partial charge in [-0.3, -0.25) is 9.78 Å². The maximum absolute atomic E-state index is 12.6. The first-order valence-corrected chi connectivity index (χ1v) is 9.50. The van der Waals surface area contributed by atoms with Crippen LogP contribution in [0.5, 0.6) is 5.88 Å². The summed E-state index contributed by atoms with van der Waals surface area (Å²) >= 11 is 6.41. The van der Waals surface area contributed by atoms with Crippen molar-refractivity contribution in [2.45, 2.75) is 0 Å². The van der Waals surface area contributed by atoms with Crippen LogP contribution in [0, 0.1) is 0 Å². The maximum atomic E-state index is 12.6. The number of methoxy groups -OCH3 is 1. The molecule has 4 aromatic rings. The van der Waals surface area contributed by atoms with Crippen molar-refractivity contribution in [3.63, 3.8) is 0 Å². The van der Waals surface area contributed by atoms with E-state index in [4.69, 9.17) is 16.3 Å². The lowest BCUT2D eigenvalue weighted by Crippen LogP contribution is -2.13. The molecule has 0 saturated carbocycles. The smallest absolute Gasteiger partial charge is 0.256 e. The van der Waals surface area contributed by atoms with Crippen molar-refractivity contribution in [3.8, 4) is 28.3 Å². The number of pyridine rings is 1. The zero-order chi connectivity index (χ0) is 20.9. The van der Waals surface area contributed by atoms with Crippen molar-refractivity contribution >= 4 is 23.3 Å². The Balaban J connectivity index is 1.57. The summed E-state index contributed by atoms with van der Waals surface area (Å²) in [5.74, 6) is 0.394. The van der Waals surface area contributed by atoms with E-state index in [9.17, 15) is 4.79 Å². The Morgan fingerprint density at radius 3 is 2.40 bits per heavy atom. The molecule has 0 atom stereocenters. The number of anilines is 1. The molecule has 0 fully saturated rings. The number of aromatic nitrogens is 3. The van der Waals surface area contributed by atoms with Gasteiger partial charge in [0, 0.05) is 27.9 Å². The fourth-order valence-corrected chi connectivity index (χ4v) is 3.14. The summed E-state index contributed by atoms with van der Waals surface area (Å²) in [5.41, 5.74) is 4.02. The van der Waals surface area contributed by atoms with Crippen LogP contribution in [0.25, 0.3) is 22.4 Å². The molecule has 0 saturated heterocycles. The lowest BCUT2D eigenvalue weighted by Gasteiger charge is -2.10. The lowest BCUT2D eigenvalue weighted by atomic mass is 10.0. The Kier molecular flexibility index (Phi) is 5.68. The minimum Gasteiger partial charge on any atom is -0.480 e. The van der Waals surface area contributed by atoms with E-state index in [0.717, 1.165) is 22.4 Å². The molecule has 7 heteroatoms. The van der Waals surface area contributed by atoms with Crippen LogP contribution >= 0.6 is 11.6 Å². The first-order valence-electron chi connectivity index (χ1n) is 9.13. The molecular formula is C23H17ClN4O2. The van der Waals surface area contributed by atoms with Crippen molar-refractivity contribution in [2.24, 2.45) is 0 Å². The van der Waals surface area contributed by atoms with Crippen LogP contribution in [-0.2, 0) is 0 Å². The number of amides is 1. The second kappa shape index (κ2) is 8.71. The van der Waals surface area contributed by atoms with Crippen LogP contribution in [0.15, 0.2) is 79.3 Å². The largest absolute Gasteiger partial charge is 0.480 e. The van der Waals surface area contributed by atoms with Gasteiger partial charge in [0.25, 0.3) is 5.91 Å². The average molecular weight is 417 g/mol.